The zero-order valence-corrected chi connectivity index (χ0v) is 9.20. The number of hydrogen-bond acceptors (Lipinski definition) is 3. The zero-order valence-electron chi connectivity index (χ0n) is 9.20. The van der Waals surface area contributed by atoms with E-state index in [1.54, 1.807) is 0 Å². The molecule has 0 unspecified atom stereocenters. The molecule has 1 heterocycles. The summed E-state index contributed by atoms with van der Waals surface area (Å²) in [6.07, 6.45) is 1.87. The summed E-state index contributed by atoms with van der Waals surface area (Å²) in [6, 6.07) is 1.75. The minimum atomic E-state index is -1.50. The van der Waals surface area contributed by atoms with Gasteiger partial charge >= 0.3 is 0 Å². The average Bonchev–Trinajstić information content (AvgIpc) is 3.09. The monoisotopic (exact) mass is 254 g/mol. The van der Waals surface area contributed by atoms with Gasteiger partial charge < -0.3 is 5.73 Å². The molecule has 0 amide bonds. The lowest BCUT2D eigenvalue weighted by atomic mass is 10.2. The molecule has 1 aromatic heterocycles. The largest absolute Gasteiger partial charge is 0.381 e. The Balaban J connectivity index is 2.15. The molecule has 1 aromatic carbocycles. The average molecular weight is 254 g/mol. The van der Waals surface area contributed by atoms with Gasteiger partial charge in [0.2, 0.25) is 0 Å². The van der Waals surface area contributed by atoms with E-state index in [1.165, 1.54) is 4.68 Å². The van der Waals surface area contributed by atoms with Crippen LogP contribution in [0.5, 0.6) is 0 Å². The first-order valence-corrected chi connectivity index (χ1v) is 5.44. The summed E-state index contributed by atoms with van der Waals surface area (Å²) in [5, 5.41) is 7.43. The van der Waals surface area contributed by atoms with Crippen molar-refractivity contribution in [2.45, 2.75) is 18.8 Å². The molecule has 0 bridgehead atoms. The standard InChI is InChI=1S/C11H9F3N4/c12-7-3-6(4-8(13)9(7)14)18-10(5-1-2-5)11(15)16-17-18/h3-5H,1-2,15H2. The van der Waals surface area contributed by atoms with E-state index < -0.39 is 17.5 Å². The molecule has 0 saturated heterocycles. The van der Waals surface area contributed by atoms with Gasteiger partial charge in [0.1, 0.15) is 0 Å². The first kappa shape index (κ1) is 11.1. The highest BCUT2D eigenvalue weighted by molar-refractivity contribution is 5.44. The lowest BCUT2D eigenvalue weighted by Crippen LogP contribution is -2.05. The van der Waals surface area contributed by atoms with Gasteiger partial charge in [-0.15, -0.1) is 5.10 Å². The Morgan fingerprint density at radius 2 is 1.78 bits per heavy atom. The summed E-state index contributed by atoms with van der Waals surface area (Å²) < 4.78 is 40.5. The summed E-state index contributed by atoms with van der Waals surface area (Å²) in [5.74, 6) is -3.58. The molecule has 1 fully saturated rings. The van der Waals surface area contributed by atoms with Crippen LogP contribution in [-0.2, 0) is 0 Å². The van der Waals surface area contributed by atoms with E-state index in [2.05, 4.69) is 10.3 Å². The minimum Gasteiger partial charge on any atom is -0.381 e. The van der Waals surface area contributed by atoms with Gasteiger partial charge in [0.25, 0.3) is 0 Å². The van der Waals surface area contributed by atoms with Crippen molar-refractivity contribution >= 4 is 5.82 Å². The number of anilines is 1. The van der Waals surface area contributed by atoms with Crippen LogP contribution in [0.1, 0.15) is 24.5 Å². The number of benzene rings is 1. The van der Waals surface area contributed by atoms with E-state index in [0.29, 0.717) is 5.69 Å². The second kappa shape index (κ2) is 3.72. The Morgan fingerprint density at radius 1 is 1.17 bits per heavy atom. The van der Waals surface area contributed by atoms with Gasteiger partial charge in [-0.05, 0) is 12.8 Å². The highest BCUT2D eigenvalue weighted by Crippen LogP contribution is 2.42. The maximum atomic E-state index is 13.2. The molecule has 0 spiro atoms. The van der Waals surface area contributed by atoms with Crippen molar-refractivity contribution in [3.05, 3.63) is 35.3 Å². The van der Waals surface area contributed by atoms with Gasteiger partial charge in [-0.1, -0.05) is 5.21 Å². The molecule has 1 aliphatic carbocycles. The highest BCUT2D eigenvalue weighted by Gasteiger charge is 2.31. The third kappa shape index (κ3) is 1.62. The van der Waals surface area contributed by atoms with Crippen molar-refractivity contribution in [1.29, 1.82) is 0 Å². The van der Waals surface area contributed by atoms with E-state index in [4.69, 9.17) is 5.73 Å². The number of halogens is 3. The lowest BCUT2D eigenvalue weighted by Gasteiger charge is -2.06. The van der Waals surface area contributed by atoms with Crippen LogP contribution >= 0.6 is 0 Å². The smallest absolute Gasteiger partial charge is 0.194 e. The van der Waals surface area contributed by atoms with Crippen LogP contribution in [0, 0.1) is 17.5 Å². The molecule has 18 heavy (non-hydrogen) atoms. The van der Waals surface area contributed by atoms with Crippen molar-refractivity contribution in [3.63, 3.8) is 0 Å². The summed E-state index contributed by atoms with van der Waals surface area (Å²) in [4.78, 5) is 0. The molecule has 4 nitrogen and oxygen atoms in total. The SMILES string of the molecule is Nc1nnn(-c2cc(F)c(F)c(F)c2)c1C1CC1. The fourth-order valence-electron chi connectivity index (χ4n) is 1.89. The second-order valence-electron chi connectivity index (χ2n) is 4.27. The third-order valence-corrected chi connectivity index (χ3v) is 2.91. The fourth-order valence-corrected chi connectivity index (χ4v) is 1.89. The predicted octanol–water partition coefficient (Wildman–Crippen LogP) is 2.14. The predicted molar refractivity (Wildman–Crippen MR) is 57.6 cm³/mol. The Labute approximate surface area is 100 Å². The lowest BCUT2D eigenvalue weighted by molar-refractivity contribution is 0.445. The highest BCUT2D eigenvalue weighted by atomic mass is 19.2. The van der Waals surface area contributed by atoms with Gasteiger partial charge in [-0.25, -0.2) is 17.9 Å². The molecular weight excluding hydrogens is 245 g/mol. The normalized spacial score (nSPS) is 15.1. The van der Waals surface area contributed by atoms with Gasteiger partial charge in [-0.2, -0.15) is 0 Å². The van der Waals surface area contributed by atoms with E-state index in [0.717, 1.165) is 25.0 Å². The number of nitrogen functional groups attached to an aromatic ring is 1. The number of aromatic nitrogens is 3. The number of nitrogens with zero attached hydrogens (tertiary/aromatic N) is 3. The van der Waals surface area contributed by atoms with Crippen LogP contribution in [0.2, 0.25) is 0 Å². The van der Waals surface area contributed by atoms with Crippen LogP contribution in [0.15, 0.2) is 12.1 Å². The first-order valence-electron chi connectivity index (χ1n) is 5.44. The molecule has 2 N–H and O–H groups in total. The van der Waals surface area contributed by atoms with Crippen molar-refractivity contribution in [1.82, 2.24) is 15.0 Å². The van der Waals surface area contributed by atoms with Crippen molar-refractivity contribution in [2.24, 2.45) is 0 Å². The molecule has 1 aliphatic rings. The van der Waals surface area contributed by atoms with Gasteiger partial charge in [0.05, 0.1) is 11.4 Å². The topological polar surface area (TPSA) is 56.7 Å². The summed E-state index contributed by atoms with van der Waals surface area (Å²) in [5.41, 5.74) is 6.38. The maximum Gasteiger partial charge on any atom is 0.194 e. The van der Waals surface area contributed by atoms with Crippen molar-refractivity contribution in [2.75, 3.05) is 5.73 Å². The Bertz CT molecular complexity index is 596. The van der Waals surface area contributed by atoms with Crippen LogP contribution in [0.3, 0.4) is 0 Å². The van der Waals surface area contributed by atoms with Crippen molar-refractivity contribution in [3.8, 4) is 5.69 Å². The number of rotatable bonds is 2. The van der Waals surface area contributed by atoms with E-state index >= 15 is 0 Å². The molecular formula is C11H9F3N4. The minimum absolute atomic E-state index is 0.0810. The summed E-state index contributed by atoms with van der Waals surface area (Å²) in [6.45, 7) is 0. The zero-order chi connectivity index (χ0) is 12.9. The van der Waals surface area contributed by atoms with Crippen LogP contribution in [0.4, 0.5) is 19.0 Å². The van der Waals surface area contributed by atoms with E-state index in [1.807, 2.05) is 0 Å². The van der Waals surface area contributed by atoms with Crippen LogP contribution in [0.25, 0.3) is 5.69 Å². The van der Waals surface area contributed by atoms with Crippen LogP contribution < -0.4 is 5.73 Å². The Morgan fingerprint density at radius 3 is 2.33 bits per heavy atom. The third-order valence-electron chi connectivity index (χ3n) is 2.91. The Hall–Kier alpha value is -2.05. The molecule has 94 valence electrons. The summed E-state index contributed by atoms with van der Waals surface area (Å²) in [7, 11) is 0. The number of nitrogens with two attached hydrogens (primary N) is 1. The molecule has 0 radical (unpaired) electrons. The molecule has 1 saturated carbocycles. The van der Waals surface area contributed by atoms with Gasteiger partial charge in [0, 0.05) is 18.1 Å². The first-order chi connectivity index (χ1) is 8.58. The van der Waals surface area contributed by atoms with Crippen LogP contribution in [-0.4, -0.2) is 15.0 Å². The molecule has 7 heteroatoms. The molecule has 0 aliphatic heterocycles. The maximum absolute atomic E-state index is 13.2. The van der Waals surface area contributed by atoms with Gasteiger partial charge in [-0.3, -0.25) is 0 Å². The van der Waals surface area contributed by atoms with E-state index in [9.17, 15) is 13.2 Å². The summed E-state index contributed by atoms with van der Waals surface area (Å²) >= 11 is 0. The van der Waals surface area contributed by atoms with Crippen molar-refractivity contribution < 1.29 is 13.2 Å². The van der Waals surface area contributed by atoms with Gasteiger partial charge in [0.15, 0.2) is 23.3 Å². The molecule has 0 atom stereocenters. The number of hydrogen-bond donors (Lipinski definition) is 1. The Kier molecular flexibility index (Phi) is 2.29. The quantitative estimate of drug-likeness (QED) is 0.835. The van der Waals surface area contributed by atoms with E-state index in [-0.39, 0.29) is 17.4 Å². The fraction of sp³-hybridized carbons (Fsp3) is 0.273. The molecule has 3 rings (SSSR count). The molecule has 2 aromatic rings. The second-order valence-corrected chi connectivity index (χ2v) is 4.27.